The third-order valence-electron chi connectivity index (χ3n) is 3.74. The molecule has 0 radical (unpaired) electrons. The molecule has 1 spiro atoms. The van der Waals surface area contributed by atoms with E-state index in [2.05, 4.69) is 13.8 Å². The van der Waals surface area contributed by atoms with Gasteiger partial charge in [0.15, 0.2) is 0 Å². The normalized spacial score (nSPS) is 42.8. The Morgan fingerprint density at radius 3 is 1.47 bits per heavy atom. The minimum absolute atomic E-state index is 0.127. The van der Waals surface area contributed by atoms with Crippen LogP contribution in [0.2, 0.25) is 0 Å². The summed E-state index contributed by atoms with van der Waals surface area (Å²) in [4.78, 5) is 0. The van der Waals surface area contributed by atoms with Gasteiger partial charge in [0.05, 0.1) is 18.8 Å². The molecule has 1 aliphatic carbocycles. The Morgan fingerprint density at radius 2 is 1.33 bits per heavy atom. The molecule has 0 N–H and O–H groups in total. The summed E-state index contributed by atoms with van der Waals surface area (Å²) in [5.41, 5.74) is 0.778. The van der Waals surface area contributed by atoms with Crippen LogP contribution in [0.3, 0.4) is 0 Å². The zero-order chi connectivity index (χ0) is 11.7. The van der Waals surface area contributed by atoms with E-state index in [1.807, 2.05) is 27.7 Å². The third-order valence-corrected chi connectivity index (χ3v) is 3.74. The molecule has 0 aromatic heterocycles. The van der Waals surface area contributed by atoms with Crippen LogP contribution in [-0.4, -0.2) is 24.4 Å². The number of ether oxygens (including phenoxy) is 2. The van der Waals surface area contributed by atoms with E-state index >= 15 is 0 Å². The fraction of sp³-hybridized carbons (Fsp3) is 1.00. The lowest BCUT2D eigenvalue weighted by molar-refractivity contribution is -0.211. The molecule has 0 aromatic carbocycles. The Balaban J connectivity index is 0.000000255. The summed E-state index contributed by atoms with van der Waals surface area (Å²) in [6.45, 7) is 14.2. The molecule has 4 aliphatic rings. The second-order valence-electron chi connectivity index (χ2n) is 4.95. The summed E-state index contributed by atoms with van der Waals surface area (Å²) in [5, 5.41) is 0. The fourth-order valence-corrected chi connectivity index (χ4v) is 3.28. The van der Waals surface area contributed by atoms with Gasteiger partial charge in [-0.3, -0.25) is 0 Å². The molecule has 2 heteroatoms. The fourth-order valence-electron chi connectivity index (χ4n) is 3.28. The summed E-state index contributed by atoms with van der Waals surface area (Å²) in [5.74, 6) is 0. The molecule has 90 valence electrons. The van der Waals surface area contributed by atoms with Crippen molar-refractivity contribution in [3.05, 3.63) is 0 Å². The van der Waals surface area contributed by atoms with Gasteiger partial charge in [-0.1, -0.05) is 34.6 Å². The third kappa shape index (κ3) is 1.62. The molecule has 0 amide bonds. The van der Waals surface area contributed by atoms with Crippen LogP contribution in [0.15, 0.2) is 0 Å². The van der Waals surface area contributed by atoms with Crippen molar-refractivity contribution in [2.45, 2.75) is 65.6 Å². The van der Waals surface area contributed by atoms with Crippen molar-refractivity contribution < 1.29 is 9.47 Å². The minimum atomic E-state index is 0.127. The molecule has 2 nitrogen and oxygen atoms in total. The minimum Gasteiger partial charge on any atom is -0.375 e. The lowest BCUT2D eigenvalue weighted by atomic mass is 9.57. The van der Waals surface area contributed by atoms with Crippen molar-refractivity contribution in [3.63, 3.8) is 0 Å². The monoisotopic (exact) mass is 214 g/mol. The molecule has 3 heterocycles. The van der Waals surface area contributed by atoms with Gasteiger partial charge in [0, 0.05) is 5.41 Å². The largest absolute Gasteiger partial charge is 0.375 e. The van der Waals surface area contributed by atoms with Crippen molar-refractivity contribution in [3.8, 4) is 0 Å². The van der Waals surface area contributed by atoms with Gasteiger partial charge in [0.25, 0.3) is 0 Å². The van der Waals surface area contributed by atoms with Crippen LogP contribution >= 0.6 is 0 Å². The van der Waals surface area contributed by atoms with Crippen LogP contribution in [0.25, 0.3) is 0 Å². The lowest BCUT2D eigenvalue weighted by Gasteiger charge is -2.48. The van der Waals surface area contributed by atoms with E-state index in [4.69, 9.17) is 9.47 Å². The first kappa shape index (κ1) is 13.0. The first-order chi connectivity index (χ1) is 7.08. The van der Waals surface area contributed by atoms with Crippen LogP contribution in [0.5, 0.6) is 0 Å². The van der Waals surface area contributed by atoms with E-state index in [0.29, 0.717) is 5.41 Å². The summed E-state index contributed by atoms with van der Waals surface area (Å²) < 4.78 is 11.3. The maximum Gasteiger partial charge on any atom is 0.121 e. The van der Waals surface area contributed by atoms with E-state index in [9.17, 15) is 0 Å². The molecule has 0 unspecified atom stereocenters. The van der Waals surface area contributed by atoms with Crippen LogP contribution in [-0.2, 0) is 9.47 Å². The molecular formula is C13H26O2. The van der Waals surface area contributed by atoms with Gasteiger partial charge in [-0.15, -0.1) is 0 Å². The zero-order valence-electron chi connectivity index (χ0n) is 11.1. The second kappa shape index (κ2) is 4.06. The van der Waals surface area contributed by atoms with Crippen molar-refractivity contribution in [2.24, 2.45) is 5.41 Å². The highest BCUT2D eigenvalue weighted by Crippen LogP contribution is 2.68. The van der Waals surface area contributed by atoms with Gasteiger partial charge in [-0.2, -0.15) is 0 Å². The Bertz CT molecular complexity index is 213. The number of hydrogen-bond acceptors (Lipinski definition) is 2. The van der Waals surface area contributed by atoms with Crippen LogP contribution in [0.1, 0.15) is 54.4 Å². The highest BCUT2D eigenvalue weighted by Gasteiger charge is 2.73. The first-order valence-corrected chi connectivity index (χ1v) is 6.36. The summed E-state index contributed by atoms with van der Waals surface area (Å²) in [6.07, 6.45) is 2.48. The SMILES string of the molecule is CC.CC.CC12CC(C)(C1)C1(COC1)O2. The van der Waals surface area contributed by atoms with Crippen LogP contribution in [0.4, 0.5) is 0 Å². The Kier molecular flexibility index (Phi) is 3.52. The molecular weight excluding hydrogens is 188 g/mol. The Labute approximate surface area is 94.3 Å². The van der Waals surface area contributed by atoms with Crippen molar-refractivity contribution >= 4 is 0 Å². The lowest BCUT2D eigenvalue weighted by Crippen LogP contribution is -2.57. The predicted octanol–water partition coefficient (Wildman–Crippen LogP) is 3.40. The first-order valence-electron chi connectivity index (χ1n) is 6.36. The van der Waals surface area contributed by atoms with E-state index in [1.54, 1.807) is 0 Å². The van der Waals surface area contributed by atoms with Crippen molar-refractivity contribution in [1.82, 2.24) is 0 Å². The maximum absolute atomic E-state index is 6.02. The van der Waals surface area contributed by atoms with Gasteiger partial charge >= 0.3 is 0 Å². The van der Waals surface area contributed by atoms with Crippen LogP contribution in [0, 0.1) is 5.41 Å². The summed E-state index contributed by atoms with van der Waals surface area (Å²) in [6, 6.07) is 0. The van der Waals surface area contributed by atoms with Gasteiger partial charge in [0.2, 0.25) is 0 Å². The highest BCUT2D eigenvalue weighted by atomic mass is 16.6. The maximum atomic E-state index is 6.02. The van der Waals surface area contributed by atoms with Gasteiger partial charge < -0.3 is 9.47 Å². The van der Waals surface area contributed by atoms with E-state index in [-0.39, 0.29) is 11.2 Å². The highest BCUT2D eigenvalue weighted by molar-refractivity contribution is 5.21. The van der Waals surface area contributed by atoms with E-state index in [0.717, 1.165) is 13.2 Å². The number of hydrogen-bond donors (Lipinski definition) is 0. The van der Waals surface area contributed by atoms with Crippen LogP contribution < -0.4 is 0 Å². The van der Waals surface area contributed by atoms with Gasteiger partial charge in [0.1, 0.15) is 5.60 Å². The predicted molar refractivity (Wildman–Crippen MR) is 63.1 cm³/mol. The van der Waals surface area contributed by atoms with Crippen molar-refractivity contribution in [1.29, 1.82) is 0 Å². The number of rotatable bonds is 0. The summed E-state index contributed by atoms with van der Waals surface area (Å²) >= 11 is 0. The summed E-state index contributed by atoms with van der Waals surface area (Å²) in [7, 11) is 0. The second-order valence-corrected chi connectivity index (χ2v) is 4.95. The average molecular weight is 214 g/mol. The molecule has 1 saturated carbocycles. The molecule has 3 saturated heterocycles. The standard InChI is InChI=1S/C9H14O2.2C2H6/c1-7-3-8(2,4-7)11-9(7)5-10-6-9;2*1-2/h3-6H2,1-2H3;2*1-2H3. The van der Waals surface area contributed by atoms with Gasteiger partial charge in [-0.05, 0) is 19.8 Å². The van der Waals surface area contributed by atoms with E-state index < -0.39 is 0 Å². The molecule has 15 heavy (non-hydrogen) atoms. The molecule has 0 aromatic rings. The van der Waals surface area contributed by atoms with E-state index in [1.165, 1.54) is 12.8 Å². The Hall–Kier alpha value is -0.0800. The smallest absolute Gasteiger partial charge is 0.121 e. The topological polar surface area (TPSA) is 18.5 Å². The quantitative estimate of drug-likeness (QED) is 0.615. The average Bonchev–Trinajstić information content (AvgIpc) is 2.53. The van der Waals surface area contributed by atoms with Gasteiger partial charge in [-0.25, -0.2) is 0 Å². The molecule has 2 bridgehead atoms. The van der Waals surface area contributed by atoms with Crippen molar-refractivity contribution in [2.75, 3.05) is 13.2 Å². The molecule has 4 fully saturated rings. The molecule has 4 rings (SSSR count). The molecule has 3 aliphatic heterocycles. The zero-order valence-corrected chi connectivity index (χ0v) is 11.1. The molecule has 0 atom stereocenters. The Morgan fingerprint density at radius 1 is 0.867 bits per heavy atom.